The summed E-state index contributed by atoms with van der Waals surface area (Å²) in [6.07, 6.45) is -10.6. The van der Waals surface area contributed by atoms with Gasteiger partial charge in [0.1, 0.15) is 23.6 Å². The quantitative estimate of drug-likeness (QED) is 0.0540. The number of carbonyl (C=O) groups excluding carboxylic acids is 4. The second kappa shape index (κ2) is 42.9. The molecular weight excluding hydrogens is 1740 g/mol. The molecular formula is C96H109F13N16O7. The first-order valence-electron chi connectivity index (χ1n) is 43.8. The third-order valence-corrected chi connectivity index (χ3v) is 25.0. The monoisotopic (exact) mass is 1840 g/mol. The standard InChI is InChI=1S/C33H39F4N5O2.C32H36F4N6O3.C31H34F5N5O2/c1-21(2)24-9-10-41(20-24)19-22-5-7-28(34)25(15-22)23-6-8-30(42-13-11-40(3)12-14-42)29(16-23)39-32(43)26-18-38-31(44-4)17-27(26)33(35,36)37;1-21(43)41-14-10-40(11-15-41)20-22-4-6-27(33)24(16-22)23-5-7-29(42-12-8-39(2)9-13-42)28(17-23)38-31(44)25-19-37-30(45-3)18-26(25)32(34,35)36;1-39-11-13-41(14-12-39)28-6-4-21(23-15-20(3-5-26(23)33)19-40-9-7-22(32)8-10-40)16-27(28)38-30(42)24-18-37-29(43-2)17-25(24)31(34,35)36/h5-8,15-18,21,24H,9-14,19-20H2,1-4H3,(H,39,43);4-7,16-19H,8-15,20H2,1-3H3,(H,38,44);3-6,15-18,22H,7-14,19H2,1-2H3,(H,38,42)/t24-;;/m0../s1. The maximum atomic E-state index is 15.3. The maximum absolute atomic E-state index is 15.3. The molecule has 706 valence electrons. The van der Waals surface area contributed by atoms with Crippen LogP contribution in [-0.2, 0) is 43.0 Å². The number of ether oxygens (including phenoxy) is 3. The Labute approximate surface area is 758 Å². The first-order chi connectivity index (χ1) is 62.9. The number of likely N-dealkylation sites (N-methyl/N-ethyl adjacent to an activating group) is 3. The number of amides is 4. The fourth-order valence-corrected chi connectivity index (χ4v) is 17.1. The zero-order chi connectivity index (χ0) is 94.6. The molecule has 36 heteroatoms. The molecule has 23 nitrogen and oxygen atoms in total. The van der Waals surface area contributed by atoms with Crippen molar-refractivity contribution in [3.63, 3.8) is 0 Å². The van der Waals surface area contributed by atoms with E-state index in [2.05, 4.69) is 79.0 Å². The average Bonchev–Trinajstić information content (AvgIpc) is 0.840. The molecule has 132 heavy (non-hydrogen) atoms. The summed E-state index contributed by atoms with van der Waals surface area (Å²) < 4.78 is 199. The van der Waals surface area contributed by atoms with Crippen molar-refractivity contribution in [2.24, 2.45) is 11.8 Å². The number of carbonyl (C=O) groups is 4. The highest BCUT2D eigenvalue weighted by atomic mass is 19.4. The van der Waals surface area contributed by atoms with E-state index < -0.39 is 93.3 Å². The van der Waals surface area contributed by atoms with Crippen LogP contribution < -0.4 is 44.9 Å². The van der Waals surface area contributed by atoms with Gasteiger partial charge < -0.3 is 64.5 Å². The van der Waals surface area contributed by atoms with Crippen LogP contribution >= 0.6 is 0 Å². The number of halogens is 13. The number of piperazine rings is 4. The van der Waals surface area contributed by atoms with Crippen molar-refractivity contribution in [3.05, 3.63) is 214 Å². The van der Waals surface area contributed by atoms with Gasteiger partial charge in [-0.15, -0.1) is 0 Å². The zero-order valence-electron chi connectivity index (χ0n) is 75.1. The molecule has 0 bridgehead atoms. The highest BCUT2D eigenvalue weighted by molar-refractivity contribution is 6.09. The van der Waals surface area contributed by atoms with Crippen molar-refractivity contribution in [1.29, 1.82) is 0 Å². The van der Waals surface area contributed by atoms with Gasteiger partial charge in [0.05, 0.1) is 88.8 Å². The molecule has 15 rings (SSSR count). The normalized spacial score (nSPS) is 17.3. The van der Waals surface area contributed by atoms with Crippen LogP contribution in [0.4, 0.5) is 91.2 Å². The van der Waals surface area contributed by atoms with Crippen molar-refractivity contribution >= 4 is 57.8 Å². The van der Waals surface area contributed by atoms with Gasteiger partial charge in [-0.3, -0.25) is 33.9 Å². The molecule has 0 saturated carbocycles. The maximum Gasteiger partial charge on any atom is 0.417 e. The minimum absolute atomic E-state index is 0.0412. The van der Waals surface area contributed by atoms with Crippen LogP contribution in [0.15, 0.2) is 146 Å². The van der Waals surface area contributed by atoms with E-state index in [1.165, 1.54) is 39.5 Å². The van der Waals surface area contributed by atoms with Crippen LogP contribution in [0.1, 0.15) is 104 Å². The molecule has 6 saturated heterocycles. The van der Waals surface area contributed by atoms with Gasteiger partial charge in [-0.05, 0) is 165 Å². The van der Waals surface area contributed by atoms with E-state index >= 15 is 13.2 Å². The largest absolute Gasteiger partial charge is 0.481 e. The lowest BCUT2D eigenvalue weighted by Crippen LogP contribution is -2.47. The number of aromatic nitrogens is 3. The Balaban J connectivity index is 0.000000168. The van der Waals surface area contributed by atoms with Gasteiger partial charge in [0.2, 0.25) is 23.5 Å². The summed E-state index contributed by atoms with van der Waals surface area (Å²) in [7, 11) is 9.59. The van der Waals surface area contributed by atoms with Crippen LogP contribution in [0.25, 0.3) is 33.4 Å². The second-order valence-corrected chi connectivity index (χ2v) is 34.4. The van der Waals surface area contributed by atoms with Crippen LogP contribution in [0.3, 0.4) is 0 Å². The molecule has 6 aliphatic rings. The Morgan fingerprint density at radius 3 is 0.985 bits per heavy atom. The number of nitrogens with one attached hydrogen (secondary N) is 3. The fraction of sp³-hybridized carbons (Fsp3) is 0.427. The number of methoxy groups -OCH3 is 3. The molecule has 0 aliphatic carbocycles. The number of anilines is 6. The molecule has 1 atom stereocenters. The van der Waals surface area contributed by atoms with Crippen LogP contribution in [0.5, 0.6) is 17.6 Å². The molecule has 0 spiro atoms. The van der Waals surface area contributed by atoms with Gasteiger partial charge in [0.15, 0.2) is 0 Å². The van der Waals surface area contributed by atoms with E-state index in [1.807, 2.05) is 37.0 Å². The molecule has 9 aromatic rings. The Kier molecular flexibility index (Phi) is 31.8. The van der Waals surface area contributed by atoms with Crippen LogP contribution in [-0.4, -0.2) is 252 Å². The van der Waals surface area contributed by atoms with Crippen LogP contribution in [0.2, 0.25) is 0 Å². The predicted octanol–water partition coefficient (Wildman–Crippen LogP) is 16.8. The Morgan fingerprint density at radius 2 is 0.697 bits per heavy atom. The van der Waals surface area contributed by atoms with Crippen molar-refractivity contribution in [3.8, 4) is 51.0 Å². The number of piperidine rings is 1. The van der Waals surface area contributed by atoms with Crippen molar-refractivity contribution in [1.82, 2.24) is 49.3 Å². The van der Waals surface area contributed by atoms with Gasteiger partial charge in [-0.25, -0.2) is 32.5 Å². The Morgan fingerprint density at radius 1 is 0.394 bits per heavy atom. The van der Waals surface area contributed by atoms with E-state index in [-0.39, 0.29) is 34.9 Å². The summed E-state index contributed by atoms with van der Waals surface area (Å²) in [6.45, 7) is 22.1. The van der Waals surface area contributed by atoms with Crippen LogP contribution in [0, 0.1) is 29.3 Å². The number of pyridine rings is 3. The molecule has 4 amide bonds. The fourth-order valence-electron chi connectivity index (χ4n) is 17.1. The number of hydrogen-bond acceptors (Lipinski definition) is 19. The minimum atomic E-state index is -4.83. The first-order valence-corrected chi connectivity index (χ1v) is 43.8. The highest BCUT2D eigenvalue weighted by Crippen LogP contribution is 2.43. The molecule has 6 aliphatic heterocycles. The van der Waals surface area contributed by atoms with Crippen molar-refractivity contribution in [2.75, 3.05) is 204 Å². The number of benzene rings is 6. The summed E-state index contributed by atoms with van der Waals surface area (Å²) in [4.78, 5) is 84.5. The van der Waals surface area contributed by atoms with E-state index in [9.17, 15) is 63.1 Å². The highest BCUT2D eigenvalue weighted by Gasteiger charge is 2.41. The van der Waals surface area contributed by atoms with E-state index in [0.717, 1.165) is 94.1 Å². The zero-order valence-corrected chi connectivity index (χ0v) is 75.1. The summed E-state index contributed by atoms with van der Waals surface area (Å²) in [5.41, 5.74) is 2.34. The Hall–Kier alpha value is -11.7. The number of hydrogen-bond donors (Lipinski definition) is 3. The number of nitrogens with zero attached hydrogens (tertiary/aromatic N) is 13. The molecule has 0 unspecified atom stereocenters. The third-order valence-electron chi connectivity index (χ3n) is 25.0. The van der Waals surface area contributed by atoms with Gasteiger partial charge >= 0.3 is 18.5 Å². The summed E-state index contributed by atoms with van der Waals surface area (Å²) in [6, 6.07) is 32.2. The lowest BCUT2D eigenvalue weighted by molar-refractivity contribution is -0.138. The lowest BCUT2D eigenvalue weighted by atomic mass is 9.95. The molecule has 6 fully saturated rings. The summed E-state index contributed by atoms with van der Waals surface area (Å²) in [5, 5.41) is 8.03. The molecule has 9 heterocycles. The topological polar surface area (TPSA) is 203 Å². The first kappa shape index (κ1) is 97.8. The average molecular weight is 1850 g/mol. The predicted molar refractivity (Wildman–Crippen MR) is 481 cm³/mol. The second-order valence-electron chi connectivity index (χ2n) is 34.4. The smallest absolute Gasteiger partial charge is 0.417 e. The summed E-state index contributed by atoms with van der Waals surface area (Å²) in [5.74, 6) is -3.83. The third kappa shape index (κ3) is 24.8. The van der Waals surface area contributed by atoms with E-state index in [4.69, 9.17) is 14.2 Å². The number of alkyl halides is 10. The number of likely N-dealkylation sites (tertiary alicyclic amines) is 2. The summed E-state index contributed by atoms with van der Waals surface area (Å²) >= 11 is 0. The molecule has 0 radical (unpaired) electrons. The Bertz CT molecular complexity index is 5550. The minimum Gasteiger partial charge on any atom is -0.481 e. The SMILES string of the molecule is COc1cc(C(F)(F)F)c(C(=O)Nc2cc(-c3cc(CN4CCC(F)CC4)ccc3F)ccc2N2CCN(C)CC2)cn1.COc1cc(C(F)(F)F)c(C(=O)Nc2cc(-c3cc(CN4CCN(C(C)=O)CC4)ccc3F)ccc2N2CCN(C)CC2)cn1.COc1cc(C(F)(F)F)c(C(=O)Nc2cc(-c3cc(CN4CC[C@H](C(C)C)C4)ccc3F)ccc2N2CCN(C)CC2)cn1. The molecule has 3 aromatic heterocycles. The van der Waals surface area contributed by atoms with Gasteiger partial charge in [0, 0.05) is 204 Å². The molecule has 6 aromatic carbocycles. The van der Waals surface area contributed by atoms with Crippen molar-refractivity contribution < 1.29 is 90.5 Å². The number of rotatable bonds is 22. The van der Waals surface area contributed by atoms with Gasteiger partial charge in [0.25, 0.3) is 17.7 Å². The van der Waals surface area contributed by atoms with E-state index in [1.54, 1.807) is 96.8 Å². The van der Waals surface area contributed by atoms with Gasteiger partial charge in [-0.2, -0.15) is 39.5 Å². The van der Waals surface area contributed by atoms with Gasteiger partial charge in [-0.1, -0.05) is 50.2 Å². The lowest BCUT2D eigenvalue weighted by Gasteiger charge is -2.35. The van der Waals surface area contributed by atoms with E-state index in [0.29, 0.717) is 197 Å². The molecule has 3 N–H and O–H groups in total. The van der Waals surface area contributed by atoms with Crippen molar-refractivity contribution in [2.45, 2.75) is 84.4 Å².